The van der Waals surface area contributed by atoms with Gasteiger partial charge in [0.15, 0.2) is 11.9 Å². The third-order valence-corrected chi connectivity index (χ3v) is 4.38. The molecule has 1 aliphatic rings. The number of hydrogen-bond donors (Lipinski definition) is 1. The first kappa shape index (κ1) is 16.5. The van der Waals surface area contributed by atoms with Crippen LogP contribution in [-0.4, -0.2) is 23.8 Å². The molecular formula is C18H25NO3. The Morgan fingerprint density at radius 1 is 1.18 bits per heavy atom. The van der Waals surface area contributed by atoms with Gasteiger partial charge in [-0.15, -0.1) is 0 Å². The molecule has 0 aromatic heterocycles. The molecule has 4 heteroatoms. The summed E-state index contributed by atoms with van der Waals surface area (Å²) in [6, 6.07) is 7.14. The van der Waals surface area contributed by atoms with E-state index in [-0.39, 0.29) is 17.7 Å². The normalized spacial score (nSPS) is 22.7. The van der Waals surface area contributed by atoms with E-state index in [4.69, 9.17) is 4.74 Å². The highest BCUT2D eigenvalue weighted by atomic mass is 16.5. The summed E-state index contributed by atoms with van der Waals surface area (Å²) in [6.07, 6.45) is 4.11. The van der Waals surface area contributed by atoms with Gasteiger partial charge in [0.1, 0.15) is 5.75 Å². The van der Waals surface area contributed by atoms with E-state index in [0.29, 0.717) is 17.2 Å². The van der Waals surface area contributed by atoms with Gasteiger partial charge in [-0.25, -0.2) is 0 Å². The molecule has 1 aromatic carbocycles. The van der Waals surface area contributed by atoms with Crippen molar-refractivity contribution in [2.75, 3.05) is 0 Å². The molecule has 0 saturated heterocycles. The Balaban J connectivity index is 1.89. The number of benzene rings is 1. The molecule has 120 valence electrons. The Kier molecular flexibility index (Phi) is 5.58. The summed E-state index contributed by atoms with van der Waals surface area (Å²) in [7, 11) is 0. The third kappa shape index (κ3) is 4.33. The van der Waals surface area contributed by atoms with Crippen molar-refractivity contribution >= 4 is 11.7 Å². The zero-order valence-electron chi connectivity index (χ0n) is 13.6. The molecule has 1 saturated carbocycles. The van der Waals surface area contributed by atoms with Gasteiger partial charge in [-0.2, -0.15) is 0 Å². The topological polar surface area (TPSA) is 55.4 Å². The highest BCUT2D eigenvalue weighted by Crippen LogP contribution is 2.24. The summed E-state index contributed by atoms with van der Waals surface area (Å²) < 4.78 is 5.66. The molecule has 0 radical (unpaired) electrons. The van der Waals surface area contributed by atoms with Crippen molar-refractivity contribution in [3.63, 3.8) is 0 Å². The Morgan fingerprint density at radius 2 is 1.82 bits per heavy atom. The lowest BCUT2D eigenvalue weighted by atomic mass is 9.86. The van der Waals surface area contributed by atoms with E-state index in [9.17, 15) is 9.59 Å². The molecule has 1 amide bonds. The van der Waals surface area contributed by atoms with Crippen molar-refractivity contribution in [3.05, 3.63) is 29.8 Å². The van der Waals surface area contributed by atoms with Gasteiger partial charge in [0, 0.05) is 11.6 Å². The average Bonchev–Trinajstić information content (AvgIpc) is 2.50. The van der Waals surface area contributed by atoms with Gasteiger partial charge in [0.25, 0.3) is 5.91 Å². The Hall–Kier alpha value is -1.84. The molecule has 0 aliphatic heterocycles. The minimum absolute atomic E-state index is 0.0172. The summed E-state index contributed by atoms with van der Waals surface area (Å²) in [5.41, 5.74) is 0.639. The van der Waals surface area contributed by atoms with Crippen LogP contribution >= 0.6 is 0 Å². The lowest BCUT2D eigenvalue weighted by Crippen LogP contribution is -2.46. The molecule has 1 aliphatic carbocycles. The SMILES string of the molecule is CC(=O)c1ccc(O[C@H](C)C(=O)N[C@@H]2CCCC[C@@H]2C)cc1. The largest absolute Gasteiger partial charge is 0.481 e. The third-order valence-electron chi connectivity index (χ3n) is 4.38. The second-order valence-electron chi connectivity index (χ2n) is 6.22. The van der Waals surface area contributed by atoms with E-state index in [2.05, 4.69) is 12.2 Å². The first-order chi connectivity index (χ1) is 10.5. The fourth-order valence-electron chi connectivity index (χ4n) is 2.86. The standard InChI is InChI=1S/C18H25NO3/c1-12-6-4-5-7-17(12)19-18(21)14(3)22-16-10-8-15(9-11-16)13(2)20/h8-12,14,17H,4-7H2,1-3H3,(H,19,21)/t12-,14+,17+/m0/s1. The second-order valence-corrected chi connectivity index (χ2v) is 6.22. The Labute approximate surface area is 132 Å². The van der Waals surface area contributed by atoms with Crippen LogP contribution in [0.4, 0.5) is 0 Å². The molecule has 0 unspecified atom stereocenters. The van der Waals surface area contributed by atoms with Crippen molar-refractivity contribution in [2.45, 2.75) is 58.6 Å². The molecule has 0 bridgehead atoms. The van der Waals surface area contributed by atoms with Crippen molar-refractivity contribution < 1.29 is 14.3 Å². The quantitative estimate of drug-likeness (QED) is 0.849. The number of rotatable bonds is 5. The van der Waals surface area contributed by atoms with E-state index in [1.807, 2.05) is 0 Å². The smallest absolute Gasteiger partial charge is 0.261 e. The number of hydrogen-bond acceptors (Lipinski definition) is 3. The molecule has 0 spiro atoms. The van der Waals surface area contributed by atoms with E-state index in [1.54, 1.807) is 31.2 Å². The number of ketones is 1. The van der Waals surface area contributed by atoms with Crippen LogP contribution in [0.5, 0.6) is 5.75 Å². The highest BCUT2D eigenvalue weighted by molar-refractivity contribution is 5.94. The highest BCUT2D eigenvalue weighted by Gasteiger charge is 2.25. The Bertz CT molecular complexity index is 524. The number of nitrogens with one attached hydrogen (secondary N) is 1. The predicted molar refractivity (Wildman–Crippen MR) is 86.1 cm³/mol. The molecule has 1 N–H and O–H groups in total. The minimum atomic E-state index is -0.544. The van der Waals surface area contributed by atoms with Crippen molar-refractivity contribution in [3.8, 4) is 5.75 Å². The summed E-state index contributed by atoms with van der Waals surface area (Å²) in [4.78, 5) is 23.5. The van der Waals surface area contributed by atoms with Crippen LogP contribution < -0.4 is 10.1 Å². The number of carbonyl (C=O) groups excluding carboxylic acids is 2. The summed E-state index contributed by atoms with van der Waals surface area (Å²) in [5, 5.41) is 3.10. The van der Waals surface area contributed by atoms with Crippen LogP contribution in [0.2, 0.25) is 0 Å². The molecule has 1 aromatic rings. The lowest BCUT2D eigenvalue weighted by molar-refractivity contribution is -0.128. The predicted octanol–water partition coefficient (Wildman–Crippen LogP) is 3.35. The van der Waals surface area contributed by atoms with Gasteiger partial charge in [-0.1, -0.05) is 19.8 Å². The number of ether oxygens (including phenoxy) is 1. The van der Waals surface area contributed by atoms with Crippen LogP contribution in [0, 0.1) is 5.92 Å². The molecular weight excluding hydrogens is 278 g/mol. The van der Waals surface area contributed by atoms with Gasteiger partial charge >= 0.3 is 0 Å². The zero-order chi connectivity index (χ0) is 16.1. The fourth-order valence-corrected chi connectivity index (χ4v) is 2.86. The maximum atomic E-state index is 12.2. The number of amides is 1. The Morgan fingerprint density at radius 3 is 2.41 bits per heavy atom. The van der Waals surface area contributed by atoms with Crippen molar-refractivity contribution in [1.82, 2.24) is 5.32 Å². The molecule has 0 heterocycles. The maximum absolute atomic E-state index is 12.2. The second kappa shape index (κ2) is 7.43. The van der Waals surface area contributed by atoms with Gasteiger partial charge in [0.05, 0.1) is 0 Å². The van der Waals surface area contributed by atoms with Gasteiger partial charge < -0.3 is 10.1 Å². The van der Waals surface area contributed by atoms with E-state index in [0.717, 1.165) is 6.42 Å². The summed E-state index contributed by atoms with van der Waals surface area (Å²) in [6.45, 7) is 5.47. The van der Waals surface area contributed by atoms with Crippen molar-refractivity contribution in [1.29, 1.82) is 0 Å². The molecule has 22 heavy (non-hydrogen) atoms. The van der Waals surface area contributed by atoms with Gasteiger partial charge in [0.2, 0.25) is 0 Å². The minimum Gasteiger partial charge on any atom is -0.481 e. The van der Waals surface area contributed by atoms with Gasteiger partial charge in [-0.3, -0.25) is 9.59 Å². The number of carbonyl (C=O) groups is 2. The van der Waals surface area contributed by atoms with Gasteiger partial charge in [-0.05, 0) is 56.9 Å². The first-order valence-corrected chi connectivity index (χ1v) is 8.05. The van der Waals surface area contributed by atoms with E-state index >= 15 is 0 Å². The average molecular weight is 303 g/mol. The lowest BCUT2D eigenvalue weighted by Gasteiger charge is -2.30. The van der Waals surface area contributed by atoms with Crippen LogP contribution in [0.1, 0.15) is 56.8 Å². The molecule has 1 fully saturated rings. The van der Waals surface area contributed by atoms with Crippen LogP contribution in [-0.2, 0) is 4.79 Å². The molecule has 3 atom stereocenters. The van der Waals surface area contributed by atoms with Crippen molar-refractivity contribution in [2.24, 2.45) is 5.92 Å². The van der Waals surface area contributed by atoms with E-state index < -0.39 is 6.10 Å². The summed E-state index contributed by atoms with van der Waals surface area (Å²) in [5.74, 6) is 1.07. The molecule has 2 rings (SSSR count). The van der Waals surface area contributed by atoms with E-state index in [1.165, 1.54) is 26.2 Å². The molecule has 4 nitrogen and oxygen atoms in total. The summed E-state index contributed by atoms with van der Waals surface area (Å²) >= 11 is 0. The van der Waals surface area contributed by atoms with Crippen LogP contribution in [0.3, 0.4) is 0 Å². The first-order valence-electron chi connectivity index (χ1n) is 8.05. The van der Waals surface area contributed by atoms with Crippen LogP contribution in [0.15, 0.2) is 24.3 Å². The number of Topliss-reactive ketones (excluding diaryl/α,β-unsaturated/α-hetero) is 1. The fraction of sp³-hybridized carbons (Fsp3) is 0.556. The monoisotopic (exact) mass is 303 g/mol. The van der Waals surface area contributed by atoms with Crippen LogP contribution in [0.25, 0.3) is 0 Å². The zero-order valence-corrected chi connectivity index (χ0v) is 13.6. The maximum Gasteiger partial charge on any atom is 0.261 e.